The number of hydrogen-bond donors (Lipinski definition) is 1. The number of aromatic nitrogens is 1. The molecule has 0 saturated heterocycles. The highest BCUT2D eigenvalue weighted by Crippen LogP contribution is 2.50. The first kappa shape index (κ1) is 19.1. The van der Waals surface area contributed by atoms with Crippen LogP contribution in [-0.2, 0) is 16.1 Å². The molecule has 152 valence electrons. The number of para-hydroxylation sites is 1. The molecule has 2 aliphatic heterocycles. The summed E-state index contributed by atoms with van der Waals surface area (Å²) in [5.41, 5.74) is 1.34. The van der Waals surface area contributed by atoms with Gasteiger partial charge in [-0.1, -0.05) is 29.5 Å². The van der Waals surface area contributed by atoms with Crippen LogP contribution in [0.1, 0.15) is 16.4 Å². The summed E-state index contributed by atoms with van der Waals surface area (Å²) in [4.78, 5) is 38.3. The van der Waals surface area contributed by atoms with Gasteiger partial charge in [0, 0.05) is 27.8 Å². The number of nitrogens with one attached hydrogen (secondary N) is 1. The molecule has 1 N–H and O–H groups in total. The van der Waals surface area contributed by atoms with Gasteiger partial charge in [0.25, 0.3) is 0 Å². The second-order valence-electron chi connectivity index (χ2n) is 7.03. The van der Waals surface area contributed by atoms with E-state index >= 15 is 0 Å². The first-order valence-corrected chi connectivity index (χ1v) is 11.0. The van der Waals surface area contributed by atoms with Crippen molar-refractivity contribution in [1.29, 1.82) is 0 Å². The first-order chi connectivity index (χ1) is 14.5. The zero-order chi connectivity index (χ0) is 20.8. The third kappa shape index (κ3) is 3.23. The van der Waals surface area contributed by atoms with Gasteiger partial charge in [-0.2, -0.15) is 0 Å². The van der Waals surface area contributed by atoms with Gasteiger partial charge in [0.2, 0.25) is 5.91 Å². The number of thioether (sulfide) groups is 1. The van der Waals surface area contributed by atoms with Crippen molar-refractivity contribution in [3.8, 4) is 5.75 Å². The van der Waals surface area contributed by atoms with E-state index < -0.39 is 5.82 Å². The Balaban J connectivity index is 1.47. The summed E-state index contributed by atoms with van der Waals surface area (Å²) in [6.45, 7) is -0.154. The van der Waals surface area contributed by atoms with Gasteiger partial charge in [0.05, 0.1) is 10.9 Å². The third-order valence-corrected chi connectivity index (χ3v) is 7.59. The smallest absolute Gasteiger partial charge is 0.316 e. The Labute approximate surface area is 178 Å². The van der Waals surface area contributed by atoms with Gasteiger partial charge in [-0.3, -0.25) is 19.0 Å². The van der Waals surface area contributed by atoms with Crippen molar-refractivity contribution in [2.45, 2.75) is 17.5 Å². The molecular formula is C21H15FN2O4S2. The van der Waals surface area contributed by atoms with Crippen LogP contribution in [0.5, 0.6) is 5.75 Å². The summed E-state index contributed by atoms with van der Waals surface area (Å²) in [7, 11) is 0. The molecule has 1 aromatic heterocycles. The summed E-state index contributed by atoms with van der Waals surface area (Å²) in [5, 5.41) is 3.39. The largest absolute Gasteiger partial charge is 0.426 e. The molecule has 0 fully saturated rings. The van der Waals surface area contributed by atoms with Crippen molar-refractivity contribution >= 4 is 40.7 Å². The number of nitrogens with zero attached hydrogens (tertiary/aromatic N) is 1. The summed E-state index contributed by atoms with van der Waals surface area (Å²) < 4.78 is 20.0. The summed E-state index contributed by atoms with van der Waals surface area (Å²) >= 11 is 2.46. The number of halogens is 1. The predicted octanol–water partition coefficient (Wildman–Crippen LogP) is 3.46. The Hall–Kier alpha value is -2.91. The van der Waals surface area contributed by atoms with Crippen LogP contribution >= 0.6 is 23.1 Å². The fraction of sp³-hybridized carbons (Fsp3) is 0.190. The van der Waals surface area contributed by atoms with E-state index in [1.165, 1.54) is 40.6 Å². The van der Waals surface area contributed by atoms with Crippen molar-refractivity contribution in [3.63, 3.8) is 0 Å². The molecular weight excluding hydrogens is 427 g/mol. The minimum absolute atomic E-state index is 0.154. The standard InChI is InChI=1S/C21H15FN2O4S2/c22-11-5-7-12(8-6-11)23-16(25)9-24-19-18(30-21(24)27)17-13-3-1-2-4-15(13)28-20(26)14(17)10-29-19/h1-8,14,17H,9-10H2,(H,23,25). The minimum atomic E-state index is -0.395. The van der Waals surface area contributed by atoms with E-state index in [1.54, 1.807) is 12.1 Å². The minimum Gasteiger partial charge on any atom is -0.426 e. The molecule has 0 saturated carbocycles. The fourth-order valence-electron chi connectivity index (χ4n) is 3.79. The van der Waals surface area contributed by atoms with Crippen LogP contribution in [-0.4, -0.2) is 22.2 Å². The number of thiazole rings is 1. The van der Waals surface area contributed by atoms with E-state index in [0.717, 1.165) is 21.8 Å². The van der Waals surface area contributed by atoms with Crippen LogP contribution in [0.25, 0.3) is 0 Å². The van der Waals surface area contributed by atoms with Gasteiger partial charge in [-0.25, -0.2) is 4.39 Å². The highest BCUT2D eigenvalue weighted by atomic mass is 32.2. The maximum Gasteiger partial charge on any atom is 0.316 e. The van der Waals surface area contributed by atoms with Crippen molar-refractivity contribution in [3.05, 3.63) is 74.5 Å². The monoisotopic (exact) mass is 442 g/mol. The number of benzene rings is 2. The Morgan fingerprint density at radius 3 is 2.73 bits per heavy atom. The summed E-state index contributed by atoms with van der Waals surface area (Å²) in [6.07, 6.45) is 0. The van der Waals surface area contributed by atoms with E-state index in [9.17, 15) is 18.8 Å². The number of anilines is 1. The van der Waals surface area contributed by atoms with Gasteiger partial charge in [0.1, 0.15) is 18.1 Å². The summed E-state index contributed by atoms with van der Waals surface area (Å²) in [5.74, 6) is -0.694. The number of carbonyl (C=O) groups is 2. The molecule has 2 unspecified atom stereocenters. The Kier molecular flexibility index (Phi) is 4.71. The van der Waals surface area contributed by atoms with Crippen LogP contribution in [0.4, 0.5) is 10.1 Å². The van der Waals surface area contributed by atoms with E-state index in [2.05, 4.69) is 5.32 Å². The predicted molar refractivity (Wildman–Crippen MR) is 112 cm³/mol. The van der Waals surface area contributed by atoms with Gasteiger partial charge in [-0.05, 0) is 30.3 Å². The van der Waals surface area contributed by atoms with Crippen molar-refractivity contribution in [1.82, 2.24) is 4.57 Å². The molecule has 3 heterocycles. The molecule has 0 aliphatic carbocycles. The number of fused-ring (bicyclic) bond motifs is 5. The second kappa shape index (κ2) is 7.41. The van der Waals surface area contributed by atoms with Crippen LogP contribution in [0, 0.1) is 11.7 Å². The summed E-state index contributed by atoms with van der Waals surface area (Å²) in [6, 6.07) is 12.8. The molecule has 0 spiro atoms. The molecule has 0 bridgehead atoms. The molecule has 1 amide bonds. The van der Waals surface area contributed by atoms with Crippen LogP contribution < -0.4 is 14.9 Å². The second-order valence-corrected chi connectivity index (χ2v) is 9.03. The van der Waals surface area contributed by atoms with Crippen molar-refractivity contribution < 1.29 is 18.7 Å². The Bertz CT molecular complexity index is 1220. The maximum atomic E-state index is 13.0. The molecule has 9 heteroatoms. The van der Waals surface area contributed by atoms with Crippen LogP contribution in [0.3, 0.4) is 0 Å². The normalized spacial score (nSPS) is 19.3. The lowest BCUT2D eigenvalue weighted by Gasteiger charge is -2.34. The highest BCUT2D eigenvalue weighted by Gasteiger charge is 2.44. The van der Waals surface area contributed by atoms with Crippen molar-refractivity contribution in [2.75, 3.05) is 11.1 Å². The Morgan fingerprint density at radius 2 is 1.93 bits per heavy atom. The average molecular weight is 442 g/mol. The molecule has 2 atom stereocenters. The molecule has 3 aromatic rings. The lowest BCUT2D eigenvalue weighted by molar-refractivity contribution is -0.140. The van der Waals surface area contributed by atoms with Crippen LogP contribution in [0.15, 0.2) is 58.4 Å². The number of rotatable bonds is 3. The average Bonchev–Trinajstić information content (AvgIpc) is 3.05. The SMILES string of the molecule is O=C(Cn1c2c(sc1=O)C1c3ccccc3OC(=O)C1CS2)Nc1ccc(F)cc1. The van der Waals surface area contributed by atoms with Crippen LogP contribution in [0.2, 0.25) is 0 Å². The lowest BCUT2D eigenvalue weighted by Crippen LogP contribution is -2.36. The topological polar surface area (TPSA) is 77.4 Å². The van der Waals surface area contributed by atoms with Gasteiger partial charge < -0.3 is 10.1 Å². The number of ether oxygens (including phenoxy) is 1. The van der Waals surface area contributed by atoms with E-state index in [0.29, 0.717) is 22.2 Å². The lowest BCUT2D eigenvalue weighted by atomic mass is 9.83. The van der Waals surface area contributed by atoms with Gasteiger partial charge in [0.15, 0.2) is 0 Å². The molecule has 5 rings (SSSR count). The molecule has 30 heavy (non-hydrogen) atoms. The fourth-order valence-corrected chi connectivity index (χ4v) is 6.46. The molecule has 0 radical (unpaired) electrons. The quantitative estimate of drug-likeness (QED) is 0.497. The van der Waals surface area contributed by atoms with E-state index in [-0.39, 0.29) is 35.1 Å². The third-order valence-electron chi connectivity index (χ3n) is 5.16. The van der Waals surface area contributed by atoms with Gasteiger partial charge >= 0.3 is 10.8 Å². The molecule has 2 aliphatic rings. The number of hydrogen-bond acceptors (Lipinski definition) is 6. The molecule has 6 nitrogen and oxygen atoms in total. The first-order valence-electron chi connectivity index (χ1n) is 9.23. The van der Waals surface area contributed by atoms with E-state index in [4.69, 9.17) is 4.74 Å². The number of amides is 1. The van der Waals surface area contributed by atoms with E-state index in [1.807, 2.05) is 12.1 Å². The zero-order valence-electron chi connectivity index (χ0n) is 15.5. The zero-order valence-corrected chi connectivity index (χ0v) is 17.1. The number of esters is 1. The van der Waals surface area contributed by atoms with Crippen molar-refractivity contribution in [2.24, 2.45) is 5.92 Å². The maximum absolute atomic E-state index is 13.0. The van der Waals surface area contributed by atoms with Gasteiger partial charge in [-0.15, -0.1) is 11.8 Å². The Morgan fingerprint density at radius 1 is 1.17 bits per heavy atom. The highest BCUT2D eigenvalue weighted by molar-refractivity contribution is 7.99. The molecule has 2 aromatic carbocycles. The number of carbonyl (C=O) groups excluding carboxylic acids is 2.